The topological polar surface area (TPSA) is 35.6 Å². The number of amides is 1. The van der Waals surface area contributed by atoms with Crippen LogP contribution in [0.5, 0.6) is 0 Å². The standard InChI is InChI=1S/C15H29N3O/c1-2-3-4-5-15(19)18-10-6-14(7-11-18)17-12-8-16-9-13-17/h14,16H,2-13H2,1H3. The number of hydrogen-bond donors (Lipinski definition) is 1. The molecule has 0 radical (unpaired) electrons. The van der Waals surface area contributed by atoms with E-state index in [1.165, 1.54) is 38.8 Å². The molecule has 2 heterocycles. The molecule has 0 bridgehead atoms. The van der Waals surface area contributed by atoms with Gasteiger partial charge in [-0.25, -0.2) is 0 Å². The quantitative estimate of drug-likeness (QED) is 0.766. The summed E-state index contributed by atoms with van der Waals surface area (Å²) in [5.74, 6) is 0.382. The van der Waals surface area contributed by atoms with Crippen LogP contribution in [0.3, 0.4) is 0 Å². The first-order valence-corrected chi connectivity index (χ1v) is 8.04. The average molecular weight is 267 g/mol. The van der Waals surface area contributed by atoms with Crippen molar-refractivity contribution >= 4 is 5.91 Å². The molecule has 0 saturated carbocycles. The molecule has 4 nitrogen and oxygen atoms in total. The largest absolute Gasteiger partial charge is 0.343 e. The van der Waals surface area contributed by atoms with E-state index in [2.05, 4.69) is 22.0 Å². The summed E-state index contributed by atoms with van der Waals surface area (Å²) >= 11 is 0. The molecule has 110 valence electrons. The lowest BCUT2D eigenvalue weighted by molar-refractivity contribution is -0.132. The van der Waals surface area contributed by atoms with Crippen molar-refractivity contribution in [3.05, 3.63) is 0 Å². The van der Waals surface area contributed by atoms with Crippen molar-refractivity contribution in [3.63, 3.8) is 0 Å². The van der Waals surface area contributed by atoms with Crippen LogP contribution in [0.2, 0.25) is 0 Å². The lowest BCUT2D eigenvalue weighted by atomic mass is 10.0. The molecule has 2 fully saturated rings. The van der Waals surface area contributed by atoms with E-state index in [9.17, 15) is 4.79 Å². The highest BCUT2D eigenvalue weighted by Gasteiger charge is 2.27. The highest BCUT2D eigenvalue weighted by molar-refractivity contribution is 5.76. The molecule has 4 heteroatoms. The summed E-state index contributed by atoms with van der Waals surface area (Å²) in [6.45, 7) is 8.72. The molecule has 2 saturated heterocycles. The van der Waals surface area contributed by atoms with Crippen LogP contribution >= 0.6 is 0 Å². The lowest BCUT2D eigenvalue weighted by Gasteiger charge is -2.40. The molecular formula is C15H29N3O. The van der Waals surface area contributed by atoms with Crippen molar-refractivity contribution in [2.45, 2.75) is 51.5 Å². The first kappa shape index (κ1) is 14.8. The summed E-state index contributed by atoms with van der Waals surface area (Å²) in [4.78, 5) is 16.8. The molecule has 2 aliphatic heterocycles. The predicted molar refractivity (Wildman–Crippen MR) is 78.2 cm³/mol. The van der Waals surface area contributed by atoms with Gasteiger partial charge in [-0.15, -0.1) is 0 Å². The Morgan fingerprint density at radius 1 is 1.11 bits per heavy atom. The molecule has 0 aromatic heterocycles. The van der Waals surface area contributed by atoms with Gasteiger partial charge in [0.2, 0.25) is 5.91 Å². The van der Waals surface area contributed by atoms with Crippen LogP contribution in [-0.2, 0) is 4.79 Å². The SMILES string of the molecule is CCCCCC(=O)N1CCC(N2CCNCC2)CC1. The number of carbonyl (C=O) groups is 1. The highest BCUT2D eigenvalue weighted by Crippen LogP contribution is 2.18. The number of unbranched alkanes of at least 4 members (excludes halogenated alkanes) is 2. The minimum Gasteiger partial charge on any atom is -0.343 e. The van der Waals surface area contributed by atoms with Gasteiger partial charge in [0.25, 0.3) is 0 Å². The molecule has 1 N–H and O–H groups in total. The van der Waals surface area contributed by atoms with E-state index in [-0.39, 0.29) is 0 Å². The zero-order chi connectivity index (χ0) is 13.5. The summed E-state index contributed by atoms with van der Waals surface area (Å²) in [5, 5.41) is 3.40. The second-order valence-corrected chi connectivity index (χ2v) is 5.86. The predicted octanol–water partition coefficient (Wildman–Crippen LogP) is 1.46. The van der Waals surface area contributed by atoms with Gasteiger partial charge >= 0.3 is 0 Å². The minimum atomic E-state index is 0.382. The van der Waals surface area contributed by atoms with Gasteiger partial charge < -0.3 is 10.2 Å². The van der Waals surface area contributed by atoms with Crippen molar-refractivity contribution in [3.8, 4) is 0 Å². The summed E-state index contributed by atoms with van der Waals surface area (Å²) in [6, 6.07) is 0.710. The Bertz CT molecular complexity index is 269. The van der Waals surface area contributed by atoms with Gasteiger partial charge in [0.1, 0.15) is 0 Å². The fourth-order valence-corrected chi connectivity index (χ4v) is 3.21. The second-order valence-electron chi connectivity index (χ2n) is 5.86. The molecule has 0 spiro atoms. The number of piperazine rings is 1. The van der Waals surface area contributed by atoms with E-state index >= 15 is 0 Å². The molecule has 2 rings (SSSR count). The Hall–Kier alpha value is -0.610. The highest BCUT2D eigenvalue weighted by atomic mass is 16.2. The van der Waals surface area contributed by atoms with Gasteiger partial charge in [-0.2, -0.15) is 0 Å². The van der Waals surface area contributed by atoms with Gasteiger partial charge in [0.05, 0.1) is 0 Å². The summed E-state index contributed by atoms with van der Waals surface area (Å²) in [5.41, 5.74) is 0. The summed E-state index contributed by atoms with van der Waals surface area (Å²) < 4.78 is 0. The Morgan fingerprint density at radius 3 is 2.42 bits per heavy atom. The molecule has 0 aromatic rings. The third-order valence-corrected chi connectivity index (χ3v) is 4.48. The third-order valence-electron chi connectivity index (χ3n) is 4.48. The first-order chi connectivity index (χ1) is 9.31. The normalized spacial score (nSPS) is 22.7. The Labute approximate surface area is 117 Å². The van der Waals surface area contributed by atoms with E-state index in [4.69, 9.17) is 0 Å². The van der Waals surface area contributed by atoms with E-state index < -0.39 is 0 Å². The van der Waals surface area contributed by atoms with Gasteiger partial charge in [0.15, 0.2) is 0 Å². The number of carbonyl (C=O) groups excluding carboxylic acids is 1. The van der Waals surface area contributed by atoms with Crippen molar-refractivity contribution in [2.75, 3.05) is 39.3 Å². The van der Waals surface area contributed by atoms with Crippen LogP contribution in [0.15, 0.2) is 0 Å². The number of nitrogens with zero attached hydrogens (tertiary/aromatic N) is 2. The van der Waals surface area contributed by atoms with Gasteiger partial charge in [-0.1, -0.05) is 19.8 Å². The minimum absolute atomic E-state index is 0.382. The molecule has 0 aromatic carbocycles. The van der Waals surface area contributed by atoms with E-state index in [1.807, 2.05) is 0 Å². The lowest BCUT2D eigenvalue weighted by Crippen LogP contribution is -2.52. The molecule has 19 heavy (non-hydrogen) atoms. The monoisotopic (exact) mass is 267 g/mol. The maximum atomic E-state index is 12.1. The number of likely N-dealkylation sites (tertiary alicyclic amines) is 1. The van der Waals surface area contributed by atoms with Crippen molar-refractivity contribution in [1.29, 1.82) is 0 Å². The maximum Gasteiger partial charge on any atom is 0.222 e. The molecule has 1 amide bonds. The second kappa shape index (κ2) is 7.85. The molecular weight excluding hydrogens is 238 g/mol. The fraction of sp³-hybridized carbons (Fsp3) is 0.933. The van der Waals surface area contributed by atoms with Gasteiger partial charge in [-0.05, 0) is 19.3 Å². The fourth-order valence-electron chi connectivity index (χ4n) is 3.21. The van der Waals surface area contributed by atoms with Gasteiger partial charge in [0, 0.05) is 51.7 Å². The number of nitrogens with one attached hydrogen (secondary N) is 1. The Balaban J connectivity index is 1.68. The molecule has 0 atom stereocenters. The number of hydrogen-bond acceptors (Lipinski definition) is 3. The molecule has 0 unspecified atom stereocenters. The summed E-state index contributed by atoms with van der Waals surface area (Å²) in [6.07, 6.45) is 6.53. The average Bonchev–Trinajstić information content (AvgIpc) is 2.48. The number of piperidine rings is 1. The van der Waals surface area contributed by atoms with Crippen LogP contribution in [0, 0.1) is 0 Å². The van der Waals surface area contributed by atoms with Crippen LogP contribution in [0.1, 0.15) is 45.4 Å². The van der Waals surface area contributed by atoms with E-state index in [0.717, 1.165) is 39.0 Å². The van der Waals surface area contributed by atoms with Crippen LogP contribution in [-0.4, -0.2) is 61.0 Å². The van der Waals surface area contributed by atoms with E-state index in [0.29, 0.717) is 11.9 Å². The first-order valence-electron chi connectivity index (χ1n) is 8.04. The number of rotatable bonds is 5. The molecule has 2 aliphatic rings. The zero-order valence-corrected chi connectivity index (χ0v) is 12.4. The maximum absolute atomic E-state index is 12.1. The van der Waals surface area contributed by atoms with Crippen LogP contribution in [0.4, 0.5) is 0 Å². The van der Waals surface area contributed by atoms with Crippen LogP contribution < -0.4 is 5.32 Å². The smallest absolute Gasteiger partial charge is 0.222 e. The Morgan fingerprint density at radius 2 is 1.79 bits per heavy atom. The Kier molecular flexibility index (Phi) is 6.11. The van der Waals surface area contributed by atoms with Gasteiger partial charge in [-0.3, -0.25) is 9.69 Å². The molecule has 0 aliphatic carbocycles. The van der Waals surface area contributed by atoms with Crippen LogP contribution in [0.25, 0.3) is 0 Å². The zero-order valence-electron chi connectivity index (χ0n) is 12.4. The third kappa shape index (κ3) is 4.46. The van der Waals surface area contributed by atoms with Crippen molar-refractivity contribution in [2.24, 2.45) is 0 Å². The van der Waals surface area contributed by atoms with Crippen molar-refractivity contribution < 1.29 is 4.79 Å². The summed E-state index contributed by atoms with van der Waals surface area (Å²) in [7, 11) is 0. The van der Waals surface area contributed by atoms with E-state index in [1.54, 1.807) is 0 Å². The van der Waals surface area contributed by atoms with Crippen molar-refractivity contribution in [1.82, 2.24) is 15.1 Å².